The van der Waals surface area contributed by atoms with E-state index in [0.717, 1.165) is 5.69 Å². The molecule has 5 nitrogen and oxygen atoms in total. The number of anilines is 2. The number of fused-ring (bicyclic) bond motifs is 1. The van der Waals surface area contributed by atoms with Gasteiger partial charge in [0.05, 0.1) is 12.2 Å². The van der Waals surface area contributed by atoms with E-state index >= 15 is 0 Å². The number of amides is 1. The summed E-state index contributed by atoms with van der Waals surface area (Å²) in [6.45, 7) is 5.75. The minimum Gasteiger partial charge on any atom is -0.487 e. The lowest BCUT2D eigenvalue weighted by Crippen LogP contribution is -2.48. The molecular weight excluding hydrogens is 335 g/mol. The van der Waals surface area contributed by atoms with Crippen LogP contribution in [0.5, 0.6) is 5.75 Å². The molecule has 1 aliphatic heterocycles. The Morgan fingerprint density at radius 3 is 2.58 bits per heavy atom. The van der Waals surface area contributed by atoms with Gasteiger partial charge in [0.1, 0.15) is 23.7 Å². The Balaban J connectivity index is 1.85. The van der Waals surface area contributed by atoms with Gasteiger partial charge < -0.3 is 15.0 Å². The van der Waals surface area contributed by atoms with Crippen molar-refractivity contribution < 1.29 is 18.7 Å². The number of ether oxygens (including phenoxy) is 1. The Morgan fingerprint density at radius 2 is 1.92 bits per heavy atom. The van der Waals surface area contributed by atoms with Crippen molar-refractivity contribution in [2.24, 2.45) is 0 Å². The summed E-state index contributed by atoms with van der Waals surface area (Å²) in [5.41, 5.74) is 1.82. The molecule has 2 aromatic carbocycles. The zero-order valence-electron chi connectivity index (χ0n) is 15.0. The number of hydrogen-bond acceptors (Lipinski definition) is 4. The van der Waals surface area contributed by atoms with Gasteiger partial charge in [0, 0.05) is 11.3 Å². The molecule has 1 amide bonds. The normalized spacial score (nSPS) is 17.1. The maximum Gasteiger partial charge on any atom is 0.246 e. The van der Waals surface area contributed by atoms with Gasteiger partial charge in [-0.2, -0.15) is 0 Å². The standard InChI is InChI=1S/C20H21FN2O3/c1-12-11-23(18-10-15(14(3)24)4-9-19(18)26-12)13(2)20(25)22-17-7-5-16(21)6-8-17/h4-10,12-13H,11H2,1-3H3,(H,22,25). The maximum absolute atomic E-state index is 13.0. The van der Waals surface area contributed by atoms with Crippen LogP contribution in [0.4, 0.5) is 15.8 Å². The maximum atomic E-state index is 13.0. The molecule has 0 saturated heterocycles. The fourth-order valence-corrected chi connectivity index (χ4v) is 2.98. The topological polar surface area (TPSA) is 58.6 Å². The van der Waals surface area contributed by atoms with Crippen molar-refractivity contribution in [3.8, 4) is 5.75 Å². The third-order valence-corrected chi connectivity index (χ3v) is 4.42. The Bertz CT molecular complexity index is 835. The Labute approximate surface area is 151 Å². The van der Waals surface area contributed by atoms with Crippen LogP contribution in [0.2, 0.25) is 0 Å². The van der Waals surface area contributed by atoms with Crippen LogP contribution < -0.4 is 15.0 Å². The number of rotatable bonds is 4. The molecule has 0 fully saturated rings. The van der Waals surface area contributed by atoms with Crippen molar-refractivity contribution in [3.05, 3.63) is 53.8 Å². The van der Waals surface area contributed by atoms with Gasteiger partial charge in [-0.25, -0.2) is 4.39 Å². The van der Waals surface area contributed by atoms with E-state index in [0.29, 0.717) is 23.5 Å². The van der Waals surface area contributed by atoms with E-state index in [9.17, 15) is 14.0 Å². The third-order valence-electron chi connectivity index (χ3n) is 4.42. The van der Waals surface area contributed by atoms with Crippen molar-refractivity contribution in [1.29, 1.82) is 0 Å². The molecule has 6 heteroatoms. The van der Waals surface area contributed by atoms with Gasteiger partial charge in [-0.05, 0) is 63.2 Å². The Morgan fingerprint density at radius 1 is 1.23 bits per heavy atom. The van der Waals surface area contributed by atoms with Crippen LogP contribution >= 0.6 is 0 Å². The zero-order chi connectivity index (χ0) is 18.8. The molecule has 0 saturated carbocycles. The van der Waals surface area contributed by atoms with Crippen molar-refractivity contribution in [2.45, 2.75) is 32.9 Å². The number of hydrogen-bond donors (Lipinski definition) is 1. The van der Waals surface area contributed by atoms with Crippen LogP contribution in [0.15, 0.2) is 42.5 Å². The molecule has 0 radical (unpaired) electrons. The summed E-state index contributed by atoms with van der Waals surface area (Å²) >= 11 is 0. The molecule has 1 heterocycles. The van der Waals surface area contributed by atoms with Crippen LogP contribution in [0.3, 0.4) is 0 Å². The minimum absolute atomic E-state index is 0.0465. The number of Topliss-reactive ketones (excluding diaryl/α,β-unsaturated/α-hetero) is 1. The van der Waals surface area contributed by atoms with E-state index < -0.39 is 6.04 Å². The number of benzene rings is 2. The van der Waals surface area contributed by atoms with Crippen LogP contribution in [-0.4, -0.2) is 30.4 Å². The summed E-state index contributed by atoms with van der Waals surface area (Å²) in [5.74, 6) is 0.0265. The fourth-order valence-electron chi connectivity index (χ4n) is 2.98. The third kappa shape index (κ3) is 3.69. The fraction of sp³-hybridized carbons (Fsp3) is 0.300. The molecular formula is C20H21FN2O3. The van der Waals surface area contributed by atoms with Crippen LogP contribution in [0.1, 0.15) is 31.1 Å². The number of ketones is 1. The molecule has 1 aliphatic rings. The van der Waals surface area contributed by atoms with Crippen LogP contribution in [0.25, 0.3) is 0 Å². The summed E-state index contributed by atoms with van der Waals surface area (Å²) in [7, 11) is 0. The second-order valence-corrected chi connectivity index (χ2v) is 6.49. The number of carbonyl (C=O) groups excluding carboxylic acids is 2. The molecule has 2 unspecified atom stereocenters. The first kappa shape index (κ1) is 17.9. The first-order chi connectivity index (χ1) is 12.3. The molecule has 0 aromatic heterocycles. The van der Waals surface area contributed by atoms with E-state index in [2.05, 4.69) is 5.32 Å². The van der Waals surface area contributed by atoms with Crippen molar-refractivity contribution in [3.63, 3.8) is 0 Å². The second-order valence-electron chi connectivity index (χ2n) is 6.49. The highest BCUT2D eigenvalue weighted by atomic mass is 19.1. The molecule has 2 atom stereocenters. The SMILES string of the molecule is CC(=O)c1ccc2c(c1)N(C(C)C(=O)Nc1ccc(F)cc1)CC(C)O2. The van der Waals surface area contributed by atoms with Gasteiger partial charge in [-0.1, -0.05) is 0 Å². The quantitative estimate of drug-likeness (QED) is 0.850. The number of halogens is 1. The first-order valence-corrected chi connectivity index (χ1v) is 8.50. The molecule has 136 valence electrons. The summed E-state index contributed by atoms with van der Waals surface area (Å²) in [4.78, 5) is 26.3. The molecule has 2 aromatic rings. The number of nitrogens with one attached hydrogen (secondary N) is 1. The Kier molecular flexibility index (Phi) is 4.93. The van der Waals surface area contributed by atoms with Gasteiger partial charge in [0.15, 0.2) is 5.78 Å². The number of carbonyl (C=O) groups is 2. The zero-order valence-corrected chi connectivity index (χ0v) is 15.0. The van der Waals surface area contributed by atoms with Gasteiger partial charge in [-0.3, -0.25) is 9.59 Å². The predicted molar refractivity (Wildman–Crippen MR) is 98.4 cm³/mol. The van der Waals surface area contributed by atoms with E-state index in [1.165, 1.54) is 31.2 Å². The number of nitrogens with zero attached hydrogens (tertiary/aromatic N) is 1. The molecule has 0 aliphatic carbocycles. The average molecular weight is 356 g/mol. The summed E-state index contributed by atoms with van der Waals surface area (Å²) in [6, 6.07) is 10.4. The van der Waals surface area contributed by atoms with Crippen LogP contribution in [-0.2, 0) is 4.79 Å². The molecule has 0 spiro atoms. The van der Waals surface area contributed by atoms with Crippen molar-refractivity contribution in [2.75, 3.05) is 16.8 Å². The highest BCUT2D eigenvalue weighted by Gasteiger charge is 2.30. The van der Waals surface area contributed by atoms with Gasteiger partial charge in [0.2, 0.25) is 5.91 Å². The highest BCUT2D eigenvalue weighted by Crippen LogP contribution is 2.35. The van der Waals surface area contributed by atoms with E-state index in [1.807, 2.05) is 11.8 Å². The monoisotopic (exact) mass is 356 g/mol. The smallest absolute Gasteiger partial charge is 0.246 e. The molecule has 0 bridgehead atoms. The lowest BCUT2D eigenvalue weighted by molar-refractivity contribution is -0.117. The van der Waals surface area contributed by atoms with Crippen molar-refractivity contribution in [1.82, 2.24) is 0 Å². The first-order valence-electron chi connectivity index (χ1n) is 8.50. The molecule has 3 rings (SSSR count). The molecule has 26 heavy (non-hydrogen) atoms. The van der Waals surface area contributed by atoms with Gasteiger partial charge >= 0.3 is 0 Å². The van der Waals surface area contributed by atoms with E-state index in [-0.39, 0.29) is 23.6 Å². The van der Waals surface area contributed by atoms with Gasteiger partial charge in [-0.15, -0.1) is 0 Å². The van der Waals surface area contributed by atoms with Crippen molar-refractivity contribution >= 4 is 23.1 Å². The van der Waals surface area contributed by atoms with Gasteiger partial charge in [0.25, 0.3) is 0 Å². The predicted octanol–water partition coefficient (Wildman–Crippen LogP) is 3.64. The minimum atomic E-state index is -0.493. The molecule has 1 N–H and O–H groups in total. The largest absolute Gasteiger partial charge is 0.487 e. The van der Waals surface area contributed by atoms with E-state index in [1.54, 1.807) is 25.1 Å². The lowest BCUT2D eigenvalue weighted by Gasteiger charge is -2.38. The summed E-state index contributed by atoms with van der Waals surface area (Å²) < 4.78 is 18.9. The Hall–Kier alpha value is -2.89. The van der Waals surface area contributed by atoms with Crippen LogP contribution in [0, 0.1) is 5.82 Å². The summed E-state index contributed by atoms with van der Waals surface area (Å²) in [5, 5.41) is 2.79. The second kappa shape index (κ2) is 7.15. The van der Waals surface area contributed by atoms with E-state index in [4.69, 9.17) is 4.74 Å². The lowest BCUT2D eigenvalue weighted by atomic mass is 10.1. The summed E-state index contributed by atoms with van der Waals surface area (Å²) in [6.07, 6.45) is -0.0910. The average Bonchev–Trinajstić information content (AvgIpc) is 2.61. The highest BCUT2D eigenvalue weighted by molar-refractivity contribution is 5.98.